The first-order chi connectivity index (χ1) is 13.1. The molecule has 1 saturated heterocycles. The molecule has 1 heterocycles. The largest absolute Gasteiger partial charge is 0.497 e. The van der Waals surface area contributed by atoms with Gasteiger partial charge in [0.2, 0.25) is 0 Å². The van der Waals surface area contributed by atoms with Crippen molar-refractivity contribution in [1.29, 1.82) is 0 Å². The number of rotatable bonds is 7. The molecule has 5 heteroatoms. The van der Waals surface area contributed by atoms with Gasteiger partial charge in [-0.3, -0.25) is 9.69 Å². The van der Waals surface area contributed by atoms with Gasteiger partial charge in [-0.2, -0.15) is 0 Å². The number of likely N-dealkylation sites (tertiary alicyclic amines) is 1. The summed E-state index contributed by atoms with van der Waals surface area (Å²) in [7, 11) is 1.65. The van der Waals surface area contributed by atoms with Crippen LogP contribution >= 0.6 is 0 Å². The molecule has 0 saturated carbocycles. The molecule has 1 fully saturated rings. The molecule has 0 aromatic heterocycles. The van der Waals surface area contributed by atoms with Crippen molar-refractivity contribution in [2.75, 3.05) is 26.8 Å². The zero-order valence-corrected chi connectivity index (χ0v) is 15.9. The summed E-state index contributed by atoms with van der Waals surface area (Å²) in [5, 5.41) is 9.50. The number of piperidine rings is 1. The molecule has 0 aliphatic carbocycles. The fourth-order valence-corrected chi connectivity index (χ4v) is 3.78. The molecule has 144 valence electrons. The maximum absolute atomic E-state index is 11.6. The molecule has 2 unspecified atom stereocenters. The summed E-state index contributed by atoms with van der Waals surface area (Å²) < 4.78 is 11.0. The summed E-state index contributed by atoms with van der Waals surface area (Å²) in [6, 6.07) is 16.1. The average molecular weight is 369 g/mol. The Morgan fingerprint density at radius 3 is 2.63 bits per heavy atom. The fraction of sp³-hybridized carbons (Fsp3) is 0.409. The van der Waals surface area contributed by atoms with Crippen LogP contribution in [0.4, 0.5) is 0 Å². The first kappa shape index (κ1) is 19.2. The van der Waals surface area contributed by atoms with Crippen molar-refractivity contribution in [3.63, 3.8) is 0 Å². The minimum absolute atomic E-state index is 0.0153. The van der Waals surface area contributed by atoms with Crippen molar-refractivity contribution in [2.24, 2.45) is 5.92 Å². The Labute approximate surface area is 160 Å². The Morgan fingerprint density at radius 1 is 1.19 bits per heavy atom. The lowest BCUT2D eigenvalue weighted by Crippen LogP contribution is -2.41. The highest BCUT2D eigenvalue weighted by molar-refractivity contribution is 5.70. The zero-order chi connectivity index (χ0) is 19.2. The van der Waals surface area contributed by atoms with Gasteiger partial charge in [0.25, 0.3) is 0 Å². The summed E-state index contributed by atoms with van der Waals surface area (Å²) >= 11 is 0. The van der Waals surface area contributed by atoms with Gasteiger partial charge in [-0.15, -0.1) is 0 Å². The molecule has 2 aromatic rings. The Morgan fingerprint density at radius 2 is 1.96 bits per heavy atom. The quantitative estimate of drug-likeness (QED) is 0.800. The van der Waals surface area contributed by atoms with Gasteiger partial charge < -0.3 is 14.6 Å². The van der Waals surface area contributed by atoms with E-state index in [1.807, 2.05) is 31.2 Å². The van der Waals surface area contributed by atoms with Crippen LogP contribution in [0.15, 0.2) is 48.5 Å². The van der Waals surface area contributed by atoms with E-state index in [2.05, 4.69) is 29.2 Å². The number of hydrogen-bond donors (Lipinski definition) is 1. The molecule has 3 rings (SSSR count). The minimum Gasteiger partial charge on any atom is -0.497 e. The fourth-order valence-electron chi connectivity index (χ4n) is 3.78. The van der Waals surface area contributed by atoms with E-state index in [4.69, 9.17) is 9.47 Å². The molecule has 2 aromatic carbocycles. The highest BCUT2D eigenvalue weighted by Crippen LogP contribution is 2.34. The lowest BCUT2D eigenvalue weighted by molar-refractivity contribution is -0.143. The van der Waals surface area contributed by atoms with Gasteiger partial charge in [0.15, 0.2) is 0 Å². The Balaban J connectivity index is 1.97. The van der Waals surface area contributed by atoms with Crippen LogP contribution in [0.5, 0.6) is 11.5 Å². The maximum atomic E-state index is 11.6. The molecule has 1 N–H and O–H groups in total. The van der Waals surface area contributed by atoms with Crippen LogP contribution in [0.25, 0.3) is 0 Å². The van der Waals surface area contributed by atoms with Crippen molar-refractivity contribution in [3.05, 3.63) is 59.7 Å². The SMILES string of the molecule is CCOc1cccc(C(c2ccc(OC)cc2)N2CCCC(C(=O)O)C2)c1. The van der Waals surface area contributed by atoms with Crippen LogP contribution in [0.3, 0.4) is 0 Å². The lowest BCUT2D eigenvalue weighted by atomic mass is 9.91. The standard InChI is InChI=1S/C22H27NO4/c1-3-27-20-8-4-6-17(14-20)21(16-9-11-19(26-2)12-10-16)23-13-5-7-18(15-23)22(24)25/h4,6,8-12,14,18,21H,3,5,7,13,15H2,1-2H3,(H,24,25). The normalized spacial score (nSPS) is 18.7. The van der Waals surface area contributed by atoms with Crippen molar-refractivity contribution in [3.8, 4) is 11.5 Å². The predicted molar refractivity (Wildman–Crippen MR) is 104 cm³/mol. The number of aliphatic carboxylic acids is 1. The van der Waals surface area contributed by atoms with Crippen molar-refractivity contribution >= 4 is 5.97 Å². The first-order valence-electron chi connectivity index (χ1n) is 9.46. The molecule has 5 nitrogen and oxygen atoms in total. The van der Waals surface area contributed by atoms with E-state index in [0.717, 1.165) is 42.0 Å². The van der Waals surface area contributed by atoms with E-state index in [1.54, 1.807) is 7.11 Å². The van der Waals surface area contributed by atoms with Crippen LogP contribution in [0.1, 0.15) is 36.9 Å². The van der Waals surface area contributed by atoms with Crippen molar-refractivity contribution in [1.82, 2.24) is 4.90 Å². The second kappa shape index (κ2) is 8.91. The van der Waals surface area contributed by atoms with Gasteiger partial charge >= 0.3 is 5.97 Å². The van der Waals surface area contributed by atoms with Gasteiger partial charge in [-0.25, -0.2) is 0 Å². The van der Waals surface area contributed by atoms with Crippen LogP contribution < -0.4 is 9.47 Å². The van der Waals surface area contributed by atoms with Gasteiger partial charge in [-0.05, 0) is 61.7 Å². The molecule has 0 bridgehead atoms. The second-order valence-corrected chi connectivity index (χ2v) is 6.85. The maximum Gasteiger partial charge on any atom is 0.307 e. The Bertz CT molecular complexity index is 759. The van der Waals surface area contributed by atoms with Crippen LogP contribution in [0.2, 0.25) is 0 Å². The van der Waals surface area contributed by atoms with E-state index in [9.17, 15) is 9.90 Å². The van der Waals surface area contributed by atoms with Gasteiger partial charge in [0.1, 0.15) is 11.5 Å². The number of methoxy groups -OCH3 is 1. The third kappa shape index (κ3) is 4.61. The van der Waals surface area contributed by atoms with Crippen LogP contribution in [-0.2, 0) is 4.79 Å². The summed E-state index contributed by atoms with van der Waals surface area (Å²) in [6.45, 7) is 4.00. The van der Waals surface area contributed by atoms with E-state index < -0.39 is 5.97 Å². The van der Waals surface area contributed by atoms with Crippen molar-refractivity contribution in [2.45, 2.75) is 25.8 Å². The zero-order valence-electron chi connectivity index (χ0n) is 15.9. The number of nitrogens with zero attached hydrogens (tertiary/aromatic N) is 1. The van der Waals surface area contributed by atoms with E-state index in [0.29, 0.717) is 13.2 Å². The number of carboxylic acids is 1. The van der Waals surface area contributed by atoms with E-state index in [1.165, 1.54) is 0 Å². The summed E-state index contributed by atoms with van der Waals surface area (Å²) in [4.78, 5) is 13.8. The molecule has 1 aliphatic rings. The molecular weight excluding hydrogens is 342 g/mol. The number of carbonyl (C=O) groups is 1. The Hall–Kier alpha value is -2.53. The van der Waals surface area contributed by atoms with Crippen molar-refractivity contribution < 1.29 is 19.4 Å². The van der Waals surface area contributed by atoms with Gasteiger partial charge in [0, 0.05) is 6.54 Å². The van der Waals surface area contributed by atoms with Crippen LogP contribution in [0, 0.1) is 5.92 Å². The third-order valence-corrected chi connectivity index (χ3v) is 5.08. The highest BCUT2D eigenvalue weighted by Gasteiger charge is 2.31. The molecule has 0 spiro atoms. The molecule has 0 amide bonds. The average Bonchev–Trinajstić information content (AvgIpc) is 2.69. The Kier molecular flexibility index (Phi) is 6.35. The summed E-state index contributed by atoms with van der Waals surface area (Å²) in [5.74, 6) is 0.605. The molecule has 0 radical (unpaired) electrons. The smallest absolute Gasteiger partial charge is 0.307 e. The molecule has 1 aliphatic heterocycles. The van der Waals surface area contributed by atoms with E-state index >= 15 is 0 Å². The number of ether oxygens (including phenoxy) is 2. The number of carboxylic acid groups (broad SMARTS) is 1. The van der Waals surface area contributed by atoms with E-state index in [-0.39, 0.29) is 12.0 Å². The minimum atomic E-state index is -0.712. The summed E-state index contributed by atoms with van der Waals surface area (Å²) in [6.07, 6.45) is 1.62. The summed E-state index contributed by atoms with van der Waals surface area (Å²) in [5.41, 5.74) is 2.23. The highest BCUT2D eigenvalue weighted by atomic mass is 16.5. The van der Waals surface area contributed by atoms with Gasteiger partial charge in [-0.1, -0.05) is 24.3 Å². The number of benzene rings is 2. The third-order valence-electron chi connectivity index (χ3n) is 5.08. The molecule has 2 atom stereocenters. The van der Waals surface area contributed by atoms with Gasteiger partial charge in [0.05, 0.1) is 25.7 Å². The topological polar surface area (TPSA) is 59.0 Å². The first-order valence-corrected chi connectivity index (χ1v) is 9.46. The predicted octanol–water partition coefficient (Wildman–Crippen LogP) is 3.98. The second-order valence-electron chi connectivity index (χ2n) is 6.85. The van der Waals surface area contributed by atoms with Crippen LogP contribution in [-0.4, -0.2) is 42.8 Å². The molecular formula is C22H27NO4. The molecule has 27 heavy (non-hydrogen) atoms. The number of hydrogen-bond acceptors (Lipinski definition) is 4. The monoisotopic (exact) mass is 369 g/mol. The lowest BCUT2D eigenvalue weighted by Gasteiger charge is -2.37.